The second-order valence-corrected chi connectivity index (χ2v) is 7.18. The van der Waals surface area contributed by atoms with E-state index in [0.717, 1.165) is 24.1 Å². The Morgan fingerprint density at radius 2 is 2.04 bits per heavy atom. The number of urea groups is 1. The summed E-state index contributed by atoms with van der Waals surface area (Å²) in [4.78, 5) is 28.4. The zero-order valence-electron chi connectivity index (χ0n) is 14.2. The SMILES string of the molecule is Cc1cccc(NC(=O)Nc2nc(CC(=O)NC3CCCC3)cs2)c1. The van der Waals surface area contributed by atoms with Gasteiger partial charge in [-0.15, -0.1) is 11.3 Å². The van der Waals surface area contributed by atoms with E-state index in [9.17, 15) is 9.59 Å². The summed E-state index contributed by atoms with van der Waals surface area (Å²) >= 11 is 1.31. The zero-order chi connectivity index (χ0) is 17.6. The third kappa shape index (κ3) is 5.29. The lowest BCUT2D eigenvalue weighted by molar-refractivity contribution is -0.121. The van der Waals surface area contributed by atoms with Crippen LogP contribution >= 0.6 is 11.3 Å². The standard InChI is InChI=1S/C18H22N4O2S/c1-12-5-4-8-14(9-12)20-17(24)22-18-21-15(11-25-18)10-16(23)19-13-6-2-3-7-13/h4-5,8-9,11,13H,2-3,6-7,10H2,1H3,(H,19,23)(H2,20,21,22,24). The Morgan fingerprint density at radius 3 is 2.80 bits per heavy atom. The molecule has 3 rings (SSSR count). The van der Waals surface area contributed by atoms with Gasteiger partial charge in [-0.1, -0.05) is 25.0 Å². The highest BCUT2D eigenvalue weighted by atomic mass is 32.1. The fourth-order valence-corrected chi connectivity index (χ4v) is 3.65. The number of benzene rings is 1. The van der Waals surface area contributed by atoms with Gasteiger partial charge in [0.15, 0.2) is 5.13 Å². The largest absolute Gasteiger partial charge is 0.353 e. The van der Waals surface area contributed by atoms with Crippen LogP contribution in [-0.2, 0) is 11.2 Å². The van der Waals surface area contributed by atoms with Gasteiger partial charge >= 0.3 is 6.03 Å². The van der Waals surface area contributed by atoms with Crippen molar-refractivity contribution in [1.82, 2.24) is 10.3 Å². The first-order valence-electron chi connectivity index (χ1n) is 8.47. The van der Waals surface area contributed by atoms with E-state index in [-0.39, 0.29) is 18.4 Å². The molecule has 7 heteroatoms. The summed E-state index contributed by atoms with van der Waals surface area (Å²) in [5, 5.41) is 10.8. The van der Waals surface area contributed by atoms with E-state index in [2.05, 4.69) is 20.9 Å². The van der Waals surface area contributed by atoms with Crippen molar-refractivity contribution in [3.63, 3.8) is 0 Å². The third-order valence-corrected chi connectivity index (χ3v) is 4.92. The van der Waals surface area contributed by atoms with Crippen LogP contribution in [0.25, 0.3) is 0 Å². The Kier molecular flexibility index (Phi) is 5.65. The second kappa shape index (κ2) is 8.11. The van der Waals surface area contributed by atoms with Crippen molar-refractivity contribution in [3.05, 3.63) is 40.9 Å². The van der Waals surface area contributed by atoms with Gasteiger partial charge in [0.1, 0.15) is 0 Å². The summed E-state index contributed by atoms with van der Waals surface area (Å²) in [5.74, 6) is -0.00652. The van der Waals surface area contributed by atoms with Crippen molar-refractivity contribution in [2.75, 3.05) is 10.6 Å². The molecule has 1 heterocycles. The fraction of sp³-hybridized carbons (Fsp3) is 0.389. The number of carbonyl (C=O) groups is 2. The van der Waals surface area contributed by atoms with E-state index in [4.69, 9.17) is 0 Å². The average molecular weight is 358 g/mol. The van der Waals surface area contributed by atoms with E-state index < -0.39 is 0 Å². The van der Waals surface area contributed by atoms with Gasteiger partial charge in [-0.2, -0.15) is 0 Å². The molecule has 0 saturated heterocycles. The van der Waals surface area contributed by atoms with E-state index in [0.29, 0.717) is 16.9 Å². The Morgan fingerprint density at radius 1 is 1.24 bits per heavy atom. The van der Waals surface area contributed by atoms with Crippen LogP contribution in [0.2, 0.25) is 0 Å². The van der Waals surface area contributed by atoms with Gasteiger partial charge < -0.3 is 10.6 Å². The third-order valence-electron chi connectivity index (χ3n) is 4.11. The van der Waals surface area contributed by atoms with Crippen molar-refractivity contribution in [3.8, 4) is 0 Å². The summed E-state index contributed by atoms with van der Waals surface area (Å²) < 4.78 is 0. The number of rotatable bonds is 5. The predicted molar refractivity (Wildman–Crippen MR) is 100 cm³/mol. The first-order chi connectivity index (χ1) is 12.1. The summed E-state index contributed by atoms with van der Waals surface area (Å²) in [6.07, 6.45) is 4.75. The zero-order valence-corrected chi connectivity index (χ0v) is 15.0. The molecule has 1 aliphatic carbocycles. The Labute approximate surface area is 151 Å². The van der Waals surface area contributed by atoms with Crippen LogP contribution in [0.5, 0.6) is 0 Å². The molecule has 1 aliphatic rings. The number of anilines is 2. The Hall–Kier alpha value is -2.41. The van der Waals surface area contributed by atoms with Crippen LogP contribution in [0.3, 0.4) is 0 Å². The normalized spacial score (nSPS) is 14.3. The van der Waals surface area contributed by atoms with Crippen LogP contribution < -0.4 is 16.0 Å². The van der Waals surface area contributed by atoms with Gasteiger partial charge in [0.2, 0.25) is 5.91 Å². The van der Waals surface area contributed by atoms with Gasteiger partial charge in [0.25, 0.3) is 0 Å². The minimum atomic E-state index is -0.345. The van der Waals surface area contributed by atoms with Crippen molar-refractivity contribution in [2.45, 2.75) is 45.1 Å². The molecule has 0 spiro atoms. The van der Waals surface area contributed by atoms with Crippen LogP contribution in [0, 0.1) is 6.92 Å². The number of thiazole rings is 1. The molecule has 2 aromatic rings. The maximum atomic E-state index is 12.0. The van der Waals surface area contributed by atoms with Gasteiger partial charge in [0, 0.05) is 17.1 Å². The highest BCUT2D eigenvalue weighted by Crippen LogP contribution is 2.19. The minimum Gasteiger partial charge on any atom is -0.353 e. The molecular formula is C18H22N4O2S. The van der Waals surface area contributed by atoms with Crippen LogP contribution in [-0.4, -0.2) is 23.0 Å². The maximum Gasteiger partial charge on any atom is 0.325 e. The van der Waals surface area contributed by atoms with Gasteiger partial charge in [-0.05, 0) is 37.5 Å². The van der Waals surface area contributed by atoms with E-state index >= 15 is 0 Å². The second-order valence-electron chi connectivity index (χ2n) is 6.32. The molecule has 0 unspecified atom stereocenters. The lowest BCUT2D eigenvalue weighted by atomic mass is 10.2. The van der Waals surface area contributed by atoms with Gasteiger partial charge in [0.05, 0.1) is 12.1 Å². The number of nitrogens with zero attached hydrogens (tertiary/aromatic N) is 1. The molecule has 0 atom stereocenters. The highest BCUT2D eigenvalue weighted by Gasteiger charge is 2.18. The molecule has 1 aromatic heterocycles. The number of amides is 3. The topological polar surface area (TPSA) is 83.1 Å². The number of nitrogens with one attached hydrogen (secondary N) is 3. The quantitative estimate of drug-likeness (QED) is 0.762. The Balaban J connectivity index is 1.49. The number of carbonyl (C=O) groups excluding carboxylic acids is 2. The first kappa shape index (κ1) is 17.4. The lowest BCUT2D eigenvalue weighted by Crippen LogP contribution is -2.33. The summed E-state index contributed by atoms with van der Waals surface area (Å²) in [5.41, 5.74) is 2.47. The summed E-state index contributed by atoms with van der Waals surface area (Å²) in [6, 6.07) is 7.53. The molecule has 6 nitrogen and oxygen atoms in total. The molecule has 3 amide bonds. The number of aromatic nitrogens is 1. The molecule has 0 bridgehead atoms. The molecule has 132 valence electrons. The first-order valence-corrected chi connectivity index (χ1v) is 9.35. The molecule has 1 fully saturated rings. The maximum absolute atomic E-state index is 12.0. The minimum absolute atomic E-state index is 0.00652. The van der Waals surface area contributed by atoms with Crippen molar-refractivity contribution in [2.24, 2.45) is 0 Å². The Bertz CT molecular complexity index is 753. The van der Waals surface area contributed by atoms with Crippen molar-refractivity contribution in [1.29, 1.82) is 0 Å². The molecule has 1 aromatic carbocycles. The summed E-state index contributed by atoms with van der Waals surface area (Å²) in [7, 11) is 0. The fourth-order valence-electron chi connectivity index (χ4n) is 2.94. The monoisotopic (exact) mass is 358 g/mol. The lowest BCUT2D eigenvalue weighted by Gasteiger charge is -2.10. The van der Waals surface area contributed by atoms with Crippen LogP contribution in [0.4, 0.5) is 15.6 Å². The van der Waals surface area contributed by atoms with Crippen LogP contribution in [0.15, 0.2) is 29.6 Å². The molecular weight excluding hydrogens is 336 g/mol. The molecule has 25 heavy (non-hydrogen) atoms. The van der Waals surface area contributed by atoms with E-state index in [1.165, 1.54) is 24.2 Å². The number of aryl methyl sites for hydroxylation is 1. The number of hydrogen-bond donors (Lipinski definition) is 3. The molecule has 1 saturated carbocycles. The van der Waals surface area contributed by atoms with Crippen molar-refractivity contribution < 1.29 is 9.59 Å². The molecule has 0 aliphatic heterocycles. The predicted octanol–water partition coefficient (Wildman–Crippen LogP) is 3.70. The molecule has 0 radical (unpaired) electrons. The van der Waals surface area contributed by atoms with Gasteiger partial charge in [-0.25, -0.2) is 9.78 Å². The van der Waals surface area contributed by atoms with Crippen LogP contribution in [0.1, 0.15) is 36.9 Å². The summed E-state index contributed by atoms with van der Waals surface area (Å²) in [6.45, 7) is 1.97. The average Bonchev–Trinajstić information content (AvgIpc) is 3.19. The smallest absolute Gasteiger partial charge is 0.325 e. The highest BCUT2D eigenvalue weighted by molar-refractivity contribution is 7.14. The molecule has 3 N–H and O–H groups in total. The number of hydrogen-bond acceptors (Lipinski definition) is 4. The van der Waals surface area contributed by atoms with Crippen molar-refractivity contribution >= 4 is 34.1 Å². The van der Waals surface area contributed by atoms with E-state index in [1.54, 1.807) is 5.38 Å². The van der Waals surface area contributed by atoms with Gasteiger partial charge in [-0.3, -0.25) is 10.1 Å². The van der Waals surface area contributed by atoms with E-state index in [1.807, 2.05) is 31.2 Å².